The number of carboxylic acid groups (broad SMARTS) is 1. The monoisotopic (exact) mass is 583 g/mol. The molecule has 0 atom stereocenters. The lowest BCUT2D eigenvalue weighted by Gasteiger charge is -2.19. The summed E-state index contributed by atoms with van der Waals surface area (Å²) >= 11 is 0. The number of aromatic nitrogens is 2. The van der Waals surface area contributed by atoms with Crippen molar-refractivity contribution in [3.05, 3.63) is 144 Å². The van der Waals surface area contributed by atoms with E-state index in [2.05, 4.69) is 15.1 Å². The standard InChI is InChI=1S/C36H29N3O5/c40-36(41)35(39-42)21-32(24-11-17-30(18-12-24)43-22-28-15-9-26-5-1-3-7-33(26)37-28)25-13-19-31(20-14-25)44-23-29-16-10-27-6-2-4-8-34(27)38-29/h1-20,32,42H,21-23H2,(H,40,41). The van der Waals surface area contributed by atoms with E-state index < -0.39 is 5.97 Å². The lowest BCUT2D eigenvalue weighted by atomic mass is 9.87. The molecule has 44 heavy (non-hydrogen) atoms. The van der Waals surface area contributed by atoms with Gasteiger partial charge in [0.15, 0.2) is 5.71 Å². The summed E-state index contributed by atoms with van der Waals surface area (Å²) in [4.78, 5) is 21.0. The van der Waals surface area contributed by atoms with Gasteiger partial charge in [-0.2, -0.15) is 0 Å². The van der Waals surface area contributed by atoms with Gasteiger partial charge in [-0.25, -0.2) is 14.8 Å². The van der Waals surface area contributed by atoms with E-state index in [9.17, 15) is 15.1 Å². The number of hydrogen-bond acceptors (Lipinski definition) is 7. The number of benzene rings is 4. The summed E-state index contributed by atoms with van der Waals surface area (Å²) in [6, 6.07) is 38.7. The van der Waals surface area contributed by atoms with Crippen LogP contribution in [0.1, 0.15) is 34.9 Å². The van der Waals surface area contributed by atoms with Gasteiger partial charge in [-0.15, -0.1) is 0 Å². The van der Waals surface area contributed by atoms with Crippen LogP contribution >= 0.6 is 0 Å². The lowest BCUT2D eigenvalue weighted by Crippen LogP contribution is -2.17. The summed E-state index contributed by atoms with van der Waals surface area (Å²) in [5, 5.41) is 24.1. The molecule has 0 unspecified atom stereocenters. The zero-order chi connectivity index (χ0) is 30.3. The molecular weight excluding hydrogens is 554 g/mol. The highest BCUT2D eigenvalue weighted by Crippen LogP contribution is 2.31. The number of para-hydroxylation sites is 2. The quantitative estimate of drug-likeness (QED) is 0.0929. The van der Waals surface area contributed by atoms with Crippen molar-refractivity contribution in [3.63, 3.8) is 0 Å². The Labute approximate surface area is 253 Å². The SMILES string of the molecule is O=C(O)C(CC(c1ccc(OCc2ccc3ccccc3n2)cc1)c1ccc(OCc2ccc3ccccc3n2)cc1)=NO. The number of nitrogens with zero attached hydrogens (tertiary/aromatic N) is 3. The summed E-state index contributed by atoms with van der Waals surface area (Å²) in [5.41, 5.74) is 4.81. The third-order valence-electron chi connectivity index (χ3n) is 7.42. The molecule has 0 saturated heterocycles. The van der Waals surface area contributed by atoms with E-state index >= 15 is 0 Å². The molecule has 0 bridgehead atoms. The third kappa shape index (κ3) is 6.65. The first-order valence-electron chi connectivity index (χ1n) is 14.1. The van der Waals surface area contributed by atoms with Gasteiger partial charge in [0.1, 0.15) is 24.7 Å². The Morgan fingerprint density at radius 1 is 0.636 bits per heavy atom. The Hall–Kier alpha value is -5.76. The van der Waals surface area contributed by atoms with Gasteiger partial charge in [0.25, 0.3) is 0 Å². The topological polar surface area (TPSA) is 114 Å². The van der Waals surface area contributed by atoms with Crippen LogP contribution in [0.5, 0.6) is 11.5 Å². The maximum atomic E-state index is 11.7. The number of aliphatic carboxylic acids is 1. The first-order chi connectivity index (χ1) is 21.6. The zero-order valence-corrected chi connectivity index (χ0v) is 23.7. The molecule has 0 aliphatic rings. The predicted octanol–water partition coefficient (Wildman–Crippen LogP) is 7.38. The van der Waals surface area contributed by atoms with E-state index in [-0.39, 0.29) is 18.1 Å². The Bertz CT molecular complexity index is 1810. The molecule has 218 valence electrons. The highest BCUT2D eigenvalue weighted by Gasteiger charge is 2.22. The average Bonchev–Trinajstić information content (AvgIpc) is 3.07. The fourth-order valence-electron chi connectivity index (χ4n) is 5.08. The zero-order valence-electron chi connectivity index (χ0n) is 23.7. The second-order valence-corrected chi connectivity index (χ2v) is 10.3. The lowest BCUT2D eigenvalue weighted by molar-refractivity contribution is -0.129. The van der Waals surface area contributed by atoms with Crippen LogP contribution in [0.3, 0.4) is 0 Å². The number of rotatable bonds is 11. The molecule has 0 saturated carbocycles. The Balaban J connectivity index is 1.16. The summed E-state index contributed by atoms with van der Waals surface area (Å²) < 4.78 is 12.0. The fourth-order valence-corrected chi connectivity index (χ4v) is 5.08. The van der Waals surface area contributed by atoms with Crippen LogP contribution < -0.4 is 9.47 Å². The Kier molecular flexibility index (Phi) is 8.41. The minimum Gasteiger partial charge on any atom is -0.487 e. The Morgan fingerprint density at radius 2 is 1.09 bits per heavy atom. The third-order valence-corrected chi connectivity index (χ3v) is 7.42. The molecule has 8 nitrogen and oxygen atoms in total. The molecule has 2 heterocycles. The van der Waals surface area contributed by atoms with Crippen LogP contribution in [0.4, 0.5) is 0 Å². The van der Waals surface area contributed by atoms with Crippen molar-refractivity contribution in [2.24, 2.45) is 5.16 Å². The van der Waals surface area contributed by atoms with E-state index in [1.807, 2.05) is 121 Å². The van der Waals surface area contributed by atoms with Crippen LogP contribution in [-0.4, -0.2) is 32.0 Å². The molecular formula is C36H29N3O5. The molecule has 0 fully saturated rings. The maximum Gasteiger partial charge on any atom is 0.353 e. The second-order valence-electron chi connectivity index (χ2n) is 10.3. The normalized spacial score (nSPS) is 11.6. The van der Waals surface area contributed by atoms with E-state index in [1.165, 1.54) is 0 Å². The van der Waals surface area contributed by atoms with Crippen molar-refractivity contribution in [2.75, 3.05) is 0 Å². The summed E-state index contributed by atoms with van der Waals surface area (Å²) in [5.74, 6) is -0.349. The molecule has 0 aliphatic heterocycles. The van der Waals surface area contributed by atoms with E-state index in [4.69, 9.17) is 9.47 Å². The summed E-state index contributed by atoms with van der Waals surface area (Å²) in [6.45, 7) is 0.619. The van der Waals surface area contributed by atoms with Gasteiger partial charge in [0, 0.05) is 23.1 Å². The molecule has 6 rings (SSSR count). The maximum absolute atomic E-state index is 11.7. The number of carbonyl (C=O) groups is 1. The van der Waals surface area contributed by atoms with Crippen molar-refractivity contribution in [2.45, 2.75) is 25.6 Å². The predicted molar refractivity (Wildman–Crippen MR) is 168 cm³/mol. The largest absolute Gasteiger partial charge is 0.487 e. The van der Waals surface area contributed by atoms with Crippen LogP contribution in [0.25, 0.3) is 21.8 Å². The highest BCUT2D eigenvalue weighted by molar-refractivity contribution is 6.35. The molecule has 8 heteroatoms. The van der Waals surface area contributed by atoms with E-state index in [0.717, 1.165) is 44.3 Å². The first-order valence-corrected chi connectivity index (χ1v) is 14.1. The first kappa shape index (κ1) is 28.4. The minimum absolute atomic E-state index is 0.00569. The Morgan fingerprint density at radius 3 is 1.52 bits per heavy atom. The smallest absolute Gasteiger partial charge is 0.353 e. The van der Waals surface area contributed by atoms with Crippen LogP contribution in [0.2, 0.25) is 0 Å². The van der Waals surface area contributed by atoms with Crippen molar-refractivity contribution in [1.82, 2.24) is 9.97 Å². The number of carboxylic acids is 1. The van der Waals surface area contributed by atoms with Gasteiger partial charge in [0.2, 0.25) is 0 Å². The van der Waals surface area contributed by atoms with Crippen LogP contribution in [0.15, 0.2) is 126 Å². The fraction of sp³-hybridized carbons (Fsp3) is 0.111. The van der Waals surface area contributed by atoms with Crippen molar-refractivity contribution in [1.29, 1.82) is 0 Å². The summed E-state index contributed by atoms with van der Waals surface area (Å²) in [7, 11) is 0. The van der Waals surface area contributed by atoms with Crippen LogP contribution in [-0.2, 0) is 18.0 Å². The van der Waals surface area contributed by atoms with Gasteiger partial charge in [-0.05, 0) is 59.7 Å². The average molecular weight is 584 g/mol. The number of pyridine rings is 2. The summed E-state index contributed by atoms with van der Waals surface area (Å²) in [6.07, 6.45) is -0.00569. The van der Waals surface area contributed by atoms with E-state index in [0.29, 0.717) is 24.7 Å². The van der Waals surface area contributed by atoms with Gasteiger partial charge in [0.05, 0.1) is 22.4 Å². The number of fused-ring (bicyclic) bond motifs is 2. The second kappa shape index (κ2) is 13.0. The molecule has 0 aliphatic carbocycles. The van der Waals surface area contributed by atoms with Crippen molar-refractivity contribution < 1.29 is 24.6 Å². The molecule has 0 amide bonds. The van der Waals surface area contributed by atoms with Gasteiger partial charge in [-0.1, -0.05) is 78.0 Å². The molecule has 0 spiro atoms. The number of hydrogen-bond donors (Lipinski definition) is 2. The number of ether oxygens (including phenoxy) is 2. The molecule has 2 N–H and O–H groups in total. The van der Waals surface area contributed by atoms with Gasteiger partial charge in [-0.3, -0.25) is 0 Å². The van der Waals surface area contributed by atoms with Gasteiger partial charge >= 0.3 is 5.97 Å². The van der Waals surface area contributed by atoms with Crippen molar-refractivity contribution >= 4 is 33.5 Å². The van der Waals surface area contributed by atoms with E-state index in [1.54, 1.807) is 0 Å². The van der Waals surface area contributed by atoms with Gasteiger partial charge < -0.3 is 19.8 Å². The highest BCUT2D eigenvalue weighted by atomic mass is 16.5. The van der Waals surface area contributed by atoms with Crippen LogP contribution in [0, 0.1) is 0 Å². The molecule has 2 aromatic heterocycles. The van der Waals surface area contributed by atoms with Crippen molar-refractivity contribution in [3.8, 4) is 11.5 Å². The number of oxime groups is 1. The molecule has 0 radical (unpaired) electrons. The molecule has 4 aromatic carbocycles. The minimum atomic E-state index is -1.27. The molecule has 6 aromatic rings.